The number of ether oxygens (including phenoxy) is 1. The molecule has 4 nitrogen and oxygen atoms in total. The number of carbonyl (C=O) groups is 2. The molecule has 4 heteroatoms. The van der Waals surface area contributed by atoms with Crippen molar-refractivity contribution in [2.75, 3.05) is 7.11 Å². The zero-order valence-electron chi connectivity index (χ0n) is 14.0. The molecule has 1 rings (SSSR count). The molecule has 0 atom stereocenters. The number of benzene rings is 1. The second-order valence-corrected chi connectivity index (χ2v) is 4.30. The van der Waals surface area contributed by atoms with Crippen LogP contribution in [0.2, 0.25) is 0 Å². The highest BCUT2D eigenvalue weighted by atomic mass is 16.5. The first-order valence-electron chi connectivity index (χ1n) is 6.69. The van der Waals surface area contributed by atoms with E-state index in [4.69, 9.17) is 5.11 Å². The van der Waals surface area contributed by atoms with Gasteiger partial charge in [-0.15, -0.1) is 0 Å². The zero-order valence-corrected chi connectivity index (χ0v) is 14.0. The lowest BCUT2D eigenvalue weighted by Gasteiger charge is -2.05. The molecule has 0 saturated carbocycles. The van der Waals surface area contributed by atoms with Crippen molar-refractivity contribution < 1.29 is 19.4 Å². The summed E-state index contributed by atoms with van der Waals surface area (Å²) >= 11 is 0. The van der Waals surface area contributed by atoms with Gasteiger partial charge in [-0.1, -0.05) is 56.2 Å². The zero-order chi connectivity index (χ0) is 18.4. The largest absolute Gasteiger partial charge is 0.478 e. The van der Waals surface area contributed by atoms with Gasteiger partial charge < -0.3 is 9.84 Å². The van der Waals surface area contributed by atoms with Crippen LogP contribution in [-0.2, 0) is 4.74 Å². The number of hydrogen-bond acceptors (Lipinski definition) is 3. The average Bonchev–Trinajstić information content (AvgIpc) is 2.54. The minimum atomic E-state index is -1.05. The maximum atomic E-state index is 11.2. The molecular formula is C19H24O4. The van der Waals surface area contributed by atoms with Crippen LogP contribution < -0.4 is 0 Å². The van der Waals surface area contributed by atoms with Crippen molar-refractivity contribution in [1.29, 1.82) is 0 Å². The van der Waals surface area contributed by atoms with Gasteiger partial charge in [-0.2, -0.15) is 0 Å². The van der Waals surface area contributed by atoms with Gasteiger partial charge in [-0.25, -0.2) is 9.59 Å². The number of carbonyl (C=O) groups excluding carboxylic acids is 1. The molecule has 0 spiro atoms. The summed E-state index contributed by atoms with van der Waals surface area (Å²) in [6.07, 6.45) is 5.00. The fourth-order valence-corrected chi connectivity index (χ4v) is 1.20. The van der Waals surface area contributed by atoms with Crippen LogP contribution in [0.25, 0.3) is 0 Å². The highest BCUT2D eigenvalue weighted by Crippen LogP contribution is 2.14. The fourth-order valence-electron chi connectivity index (χ4n) is 1.20. The lowest BCUT2D eigenvalue weighted by molar-refractivity contribution is 0.0600. The Labute approximate surface area is 138 Å². The maximum Gasteiger partial charge on any atom is 0.338 e. The normalized spacial score (nSPS) is 8.13. The van der Waals surface area contributed by atoms with Crippen LogP contribution in [-0.4, -0.2) is 24.2 Å². The van der Waals surface area contributed by atoms with E-state index in [9.17, 15) is 9.59 Å². The summed E-state index contributed by atoms with van der Waals surface area (Å²) in [5.74, 6) is -1.57. The topological polar surface area (TPSA) is 63.6 Å². The van der Waals surface area contributed by atoms with Gasteiger partial charge >= 0.3 is 11.9 Å². The molecular weight excluding hydrogens is 292 g/mol. The van der Waals surface area contributed by atoms with Crippen LogP contribution in [0.5, 0.6) is 0 Å². The summed E-state index contributed by atoms with van der Waals surface area (Å²) in [6.45, 7) is 17.2. The van der Waals surface area contributed by atoms with Gasteiger partial charge in [0.25, 0.3) is 0 Å². The Balaban J connectivity index is 0. The first-order chi connectivity index (χ1) is 10.8. The standard InChI is InChI=1S/C10H10O4.C5H8.C4H6/c1-6-7(9(11)12)4-3-5-8(6)10(13)14-2;1-4-5(2)3;1-3-4-2/h3-5H,1-2H3,(H,11,12);4H,1-2H2,3H3;3-4H,1-2H2. The first-order valence-corrected chi connectivity index (χ1v) is 6.69. The minimum Gasteiger partial charge on any atom is -0.478 e. The molecule has 124 valence electrons. The maximum absolute atomic E-state index is 11.2. The Kier molecular flexibility index (Phi) is 12.5. The third-order valence-electron chi connectivity index (χ3n) is 2.48. The number of methoxy groups -OCH3 is 1. The Bertz CT molecular complexity index is 577. The molecule has 0 heterocycles. The lowest BCUT2D eigenvalue weighted by atomic mass is 10.0. The molecule has 0 radical (unpaired) electrons. The van der Waals surface area contributed by atoms with Gasteiger partial charge in [0.05, 0.1) is 18.2 Å². The SMILES string of the molecule is C=CC(=C)C.C=CC=C.COC(=O)c1cccc(C(=O)O)c1C. The predicted octanol–water partition coefficient (Wildman–Crippen LogP) is 4.59. The highest BCUT2D eigenvalue weighted by Gasteiger charge is 2.14. The van der Waals surface area contributed by atoms with Crippen LogP contribution in [0.3, 0.4) is 0 Å². The van der Waals surface area contributed by atoms with Crippen LogP contribution >= 0.6 is 0 Å². The molecule has 0 amide bonds. The number of carboxylic acids is 1. The molecule has 0 fully saturated rings. The number of carboxylic acid groups (broad SMARTS) is 1. The van der Waals surface area contributed by atoms with E-state index >= 15 is 0 Å². The molecule has 0 unspecified atom stereocenters. The second-order valence-electron chi connectivity index (χ2n) is 4.30. The van der Waals surface area contributed by atoms with Gasteiger partial charge in [0, 0.05) is 0 Å². The monoisotopic (exact) mass is 316 g/mol. The molecule has 0 aliphatic rings. The van der Waals surface area contributed by atoms with Gasteiger partial charge in [-0.3, -0.25) is 0 Å². The third kappa shape index (κ3) is 9.63. The van der Waals surface area contributed by atoms with Crippen LogP contribution in [0.1, 0.15) is 33.2 Å². The summed E-state index contributed by atoms with van der Waals surface area (Å²) in [7, 11) is 1.26. The van der Waals surface area contributed by atoms with E-state index in [1.807, 2.05) is 6.92 Å². The van der Waals surface area contributed by atoms with Crippen LogP contribution in [0.15, 0.2) is 68.3 Å². The summed E-state index contributed by atoms with van der Waals surface area (Å²) in [5, 5.41) is 8.79. The molecule has 23 heavy (non-hydrogen) atoms. The minimum absolute atomic E-state index is 0.118. The molecule has 0 bridgehead atoms. The van der Waals surface area contributed by atoms with E-state index in [2.05, 4.69) is 31.1 Å². The summed E-state index contributed by atoms with van der Waals surface area (Å²) in [5.41, 5.74) is 1.84. The molecule has 0 aliphatic heterocycles. The van der Waals surface area contributed by atoms with Crippen molar-refractivity contribution in [1.82, 2.24) is 0 Å². The van der Waals surface area contributed by atoms with E-state index in [0.29, 0.717) is 5.56 Å². The van der Waals surface area contributed by atoms with Crippen LogP contribution in [0.4, 0.5) is 0 Å². The number of rotatable bonds is 4. The average molecular weight is 316 g/mol. The Hall–Kier alpha value is -2.88. The Morgan fingerprint density at radius 3 is 1.87 bits per heavy atom. The van der Waals surface area contributed by atoms with Crippen molar-refractivity contribution in [3.05, 3.63) is 85.0 Å². The van der Waals surface area contributed by atoms with Crippen molar-refractivity contribution >= 4 is 11.9 Å². The quantitative estimate of drug-likeness (QED) is 0.652. The summed E-state index contributed by atoms with van der Waals surface area (Å²) in [6, 6.07) is 4.50. The molecule has 0 aromatic heterocycles. The molecule has 0 saturated heterocycles. The predicted molar refractivity (Wildman–Crippen MR) is 94.9 cm³/mol. The Morgan fingerprint density at radius 1 is 1.13 bits per heavy atom. The van der Waals surface area contributed by atoms with E-state index in [0.717, 1.165) is 5.57 Å². The summed E-state index contributed by atoms with van der Waals surface area (Å²) in [4.78, 5) is 21.9. The van der Waals surface area contributed by atoms with Crippen molar-refractivity contribution in [2.24, 2.45) is 0 Å². The lowest BCUT2D eigenvalue weighted by Crippen LogP contribution is -2.08. The fraction of sp³-hybridized carbons (Fsp3) is 0.158. The van der Waals surface area contributed by atoms with Gasteiger partial charge in [-0.05, 0) is 31.5 Å². The van der Waals surface area contributed by atoms with E-state index in [1.165, 1.54) is 25.3 Å². The molecule has 1 N–H and O–H groups in total. The highest BCUT2D eigenvalue weighted by molar-refractivity contribution is 5.97. The first kappa shape index (κ1) is 22.4. The van der Waals surface area contributed by atoms with Gasteiger partial charge in [0.1, 0.15) is 0 Å². The summed E-state index contributed by atoms with van der Waals surface area (Å²) < 4.78 is 4.52. The second kappa shape index (κ2) is 12.8. The van der Waals surface area contributed by atoms with Gasteiger partial charge in [0.2, 0.25) is 0 Å². The number of esters is 1. The van der Waals surface area contributed by atoms with E-state index in [-0.39, 0.29) is 11.1 Å². The van der Waals surface area contributed by atoms with Crippen molar-refractivity contribution in [3.63, 3.8) is 0 Å². The van der Waals surface area contributed by atoms with Gasteiger partial charge in [0.15, 0.2) is 0 Å². The van der Waals surface area contributed by atoms with Crippen LogP contribution in [0, 0.1) is 6.92 Å². The third-order valence-corrected chi connectivity index (χ3v) is 2.48. The van der Waals surface area contributed by atoms with Crippen molar-refractivity contribution in [3.8, 4) is 0 Å². The molecule has 0 aliphatic carbocycles. The number of allylic oxidation sites excluding steroid dienone is 4. The smallest absolute Gasteiger partial charge is 0.338 e. The Morgan fingerprint density at radius 2 is 1.57 bits per heavy atom. The van der Waals surface area contributed by atoms with E-state index in [1.54, 1.807) is 25.2 Å². The number of aromatic carboxylic acids is 1. The molecule has 1 aromatic rings. The molecule has 1 aromatic carbocycles. The van der Waals surface area contributed by atoms with E-state index < -0.39 is 11.9 Å². The van der Waals surface area contributed by atoms with Crippen molar-refractivity contribution in [2.45, 2.75) is 13.8 Å². The number of hydrogen-bond donors (Lipinski definition) is 1.